The number of methoxy groups -OCH3 is 1. The van der Waals surface area contributed by atoms with Gasteiger partial charge in [-0.2, -0.15) is 0 Å². The summed E-state index contributed by atoms with van der Waals surface area (Å²) in [6, 6.07) is 14.7. The van der Waals surface area contributed by atoms with Crippen LogP contribution in [-0.4, -0.2) is 43.7 Å². The zero-order valence-electron chi connectivity index (χ0n) is 17.8. The smallest absolute Gasteiger partial charge is 0.338 e. The Bertz CT molecular complexity index is 1020. The monoisotopic (exact) mass is 421 g/mol. The van der Waals surface area contributed by atoms with Crippen LogP contribution in [0.4, 0.5) is 4.79 Å². The van der Waals surface area contributed by atoms with Crippen LogP contribution in [0.2, 0.25) is 0 Å². The molecule has 4 rings (SSSR count). The zero-order valence-corrected chi connectivity index (χ0v) is 17.8. The Labute approximate surface area is 182 Å². The molecular formula is C24H27N3O4. The molecule has 1 atom stereocenters. The minimum Gasteiger partial charge on any atom is -0.496 e. The average Bonchev–Trinajstić information content (AvgIpc) is 2.78. The average molecular weight is 421 g/mol. The van der Waals surface area contributed by atoms with Crippen LogP contribution >= 0.6 is 0 Å². The van der Waals surface area contributed by atoms with Crippen LogP contribution in [0.15, 0.2) is 59.8 Å². The number of rotatable bonds is 6. The summed E-state index contributed by atoms with van der Waals surface area (Å²) in [6.45, 7) is 4.07. The normalized spacial score (nSPS) is 18.6. The maximum absolute atomic E-state index is 13.0. The molecule has 0 saturated carbocycles. The molecule has 2 aliphatic rings. The van der Waals surface area contributed by atoms with Crippen LogP contribution in [-0.2, 0) is 22.5 Å². The minimum absolute atomic E-state index is 0.249. The molecule has 2 N–H and O–H groups in total. The number of esters is 1. The first kappa shape index (κ1) is 20.9. The summed E-state index contributed by atoms with van der Waals surface area (Å²) >= 11 is 0. The highest BCUT2D eigenvalue weighted by atomic mass is 16.5. The third-order valence-electron chi connectivity index (χ3n) is 5.69. The molecule has 31 heavy (non-hydrogen) atoms. The molecule has 0 saturated heterocycles. The zero-order chi connectivity index (χ0) is 21.8. The van der Waals surface area contributed by atoms with Crippen LogP contribution in [0.3, 0.4) is 0 Å². The predicted molar refractivity (Wildman–Crippen MR) is 116 cm³/mol. The van der Waals surface area contributed by atoms with Gasteiger partial charge in [0, 0.05) is 30.9 Å². The number of urea groups is 1. The molecular weight excluding hydrogens is 394 g/mol. The van der Waals surface area contributed by atoms with Crippen LogP contribution in [0.25, 0.3) is 0 Å². The van der Waals surface area contributed by atoms with Crippen molar-refractivity contribution in [1.82, 2.24) is 15.5 Å². The van der Waals surface area contributed by atoms with Gasteiger partial charge in [0.1, 0.15) is 5.75 Å². The van der Waals surface area contributed by atoms with E-state index in [4.69, 9.17) is 9.47 Å². The molecule has 162 valence electrons. The van der Waals surface area contributed by atoms with Crippen molar-refractivity contribution in [2.24, 2.45) is 0 Å². The quantitative estimate of drug-likeness (QED) is 0.701. The van der Waals surface area contributed by atoms with Gasteiger partial charge in [-0.05, 0) is 30.5 Å². The fourth-order valence-corrected chi connectivity index (χ4v) is 4.24. The highest BCUT2D eigenvalue weighted by Crippen LogP contribution is 2.34. The lowest BCUT2D eigenvalue weighted by molar-refractivity contribution is -0.139. The number of para-hydroxylation sites is 1. The lowest BCUT2D eigenvalue weighted by Gasteiger charge is -2.34. The Morgan fingerprint density at radius 2 is 1.87 bits per heavy atom. The summed E-state index contributed by atoms with van der Waals surface area (Å²) in [7, 11) is 1.57. The Hall–Kier alpha value is -3.32. The van der Waals surface area contributed by atoms with Crippen molar-refractivity contribution < 1.29 is 19.1 Å². The van der Waals surface area contributed by atoms with Gasteiger partial charge in [-0.3, -0.25) is 4.90 Å². The standard InChI is InChI=1S/C24H27N3O4/c1-3-31-23(28)21-19(15-27-13-12-16-8-4-5-9-17(16)14-27)25-24(29)26-22(21)18-10-6-7-11-20(18)30-2/h4-11,22H,3,12-15H2,1-2H3,(H2,25,26,29)/t22-/m0/s1. The van der Waals surface area contributed by atoms with Crippen LogP contribution in [0.1, 0.15) is 29.7 Å². The summed E-state index contributed by atoms with van der Waals surface area (Å²) < 4.78 is 10.9. The molecule has 2 amide bonds. The van der Waals surface area contributed by atoms with Gasteiger partial charge in [-0.25, -0.2) is 9.59 Å². The largest absolute Gasteiger partial charge is 0.496 e. The number of hydrogen-bond acceptors (Lipinski definition) is 5. The highest BCUT2D eigenvalue weighted by molar-refractivity contribution is 5.95. The molecule has 2 aromatic rings. The second-order valence-corrected chi connectivity index (χ2v) is 7.62. The van der Waals surface area contributed by atoms with E-state index in [9.17, 15) is 9.59 Å². The first-order valence-corrected chi connectivity index (χ1v) is 10.5. The van der Waals surface area contributed by atoms with Crippen LogP contribution in [0, 0.1) is 0 Å². The number of benzene rings is 2. The Morgan fingerprint density at radius 1 is 1.13 bits per heavy atom. The lowest BCUT2D eigenvalue weighted by atomic mass is 9.93. The van der Waals surface area contributed by atoms with E-state index >= 15 is 0 Å². The molecule has 2 aliphatic heterocycles. The summed E-state index contributed by atoms with van der Waals surface area (Å²) in [5.74, 6) is 0.154. The molecule has 2 heterocycles. The van der Waals surface area contributed by atoms with E-state index in [0.29, 0.717) is 29.1 Å². The summed E-state index contributed by atoms with van der Waals surface area (Å²) in [4.78, 5) is 27.8. The second-order valence-electron chi connectivity index (χ2n) is 7.62. The summed E-state index contributed by atoms with van der Waals surface area (Å²) in [5, 5.41) is 5.73. The number of carbonyl (C=O) groups is 2. The molecule has 0 radical (unpaired) electrons. The van der Waals surface area contributed by atoms with Gasteiger partial charge in [0.05, 0.1) is 25.3 Å². The number of carbonyl (C=O) groups excluding carboxylic acids is 2. The van der Waals surface area contributed by atoms with E-state index in [0.717, 1.165) is 19.5 Å². The maximum atomic E-state index is 13.0. The van der Waals surface area contributed by atoms with Crippen molar-refractivity contribution >= 4 is 12.0 Å². The molecule has 7 nitrogen and oxygen atoms in total. The summed E-state index contributed by atoms with van der Waals surface area (Å²) in [6.07, 6.45) is 0.931. The third kappa shape index (κ3) is 4.41. The van der Waals surface area contributed by atoms with Crippen molar-refractivity contribution in [3.63, 3.8) is 0 Å². The van der Waals surface area contributed by atoms with Crippen LogP contribution in [0.5, 0.6) is 5.75 Å². The molecule has 0 bridgehead atoms. The molecule has 0 aliphatic carbocycles. The second kappa shape index (κ2) is 9.22. The number of amides is 2. The van der Waals surface area contributed by atoms with Gasteiger partial charge in [-0.1, -0.05) is 42.5 Å². The van der Waals surface area contributed by atoms with Crippen molar-refractivity contribution in [2.75, 3.05) is 26.8 Å². The van der Waals surface area contributed by atoms with Gasteiger partial charge >= 0.3 is 12.0 Å². The predicted octanol–water partition coefficient (Wildman–Crippen LogP) is 2.92. The van der Waals surface area contributed by atoms with E-state index in [2.05, 4.69) is 33.7 Å². The number of nitrogens with zero attached hydrogens (tertiary/aromatic N) is 1. The van der Waals surface area contributed by atoms with Gasteiger partial charge in [0.15, 0.2) is 0 Å². The SMILES string of the molecule is CCOC(=O)C1=C(CN2CCc3ccccc3C2)NC(=O)N[C@H]1c1ccccc1OC. The van der Waals surface area contributed by atoms with Gasteiger partial charge < -0.3 is 20.1 Å². The fraction of sp³-hybridized carbons (Fsp3) is 0.333. The first-order chi connectivity index (χ1) is 15.1. The van der Waals surface area contributed by atoms with Crippen molar-refractivity contribution in [2.45, 2.75) is 25.9 Å². The van der Waals surface area contributed by atoms with Gasteiger partial charge in [0.2, 0.25) is 0 Å². The van der Waals surface area contributed by atoms with E-state index in [1.54, 1.807) is 14.0 Å². The molecule has 0 aromatic heterocycles. The first-order valence-electron chi connectivity index (χ1n) is 10.5. The van der Waals surface area contributed by atoms with E-state index < -0.39 is 12.0 Å². The molecule has 0 fully saturated rings. The number of ether oxygens (including phenoxy) is 2. The lowest BCUT2D eigenvalue weighted by Crippen LogP contribution is -2.49. The van der Waals surface area contributed by atoms with Gasteiger partial charge in [0.25, 0.3) is 0 Å². The molecule has 7 heteroatoms. The van der Waals surface area contributed by atoms with E-state index in [1.807, 2.05) is 30.3 Å². The topological polar surface area (TPSA) is 79.9 Å². The van der Waals surface area contributed by atoms with Crippen molar-refractivity contribution in [3.05, 3.63) is 76.5 Å². The number of hydrogen-bond donors (Lipinski definition) is 2. The van der Waals surface area contributed by atoms with Gasteiger partial charge in [-0.15, -0.1) is 0 Å². The summed E-state index contributed by atoms with van der Waals surface area (Å²) in [5.41, 5.74) is 4.31. The number of fused-ring (bicyclic) bond motifs is 1. The van der Waals surface area contributed by atoms with Crippen molar-refractivity contribution in [1.29, 1.82) is 0 Å². The molecule has 0 unspecified atom stereocenters. The molecule has 2 aromatic carbocycles. The van der Waals surface area contributed by atoms with Crippen molar-refractivity contribution in [3.8, 4) is 5.75 Å². The van der Waals surface area contributed by atoms with E-state index in [-0.39, 0.29) is 12.6 Å². The van der Waals surface area contributed by atoms with E-state index in [1.165, 1.54) is 11.1 Å². The Balaban J connectivity index is 1.71. The third-order valence-corrected chi connectivity index (χ3v) is 5.69. The highest BCUT2D eigenvalue weighted by Gasteiger charge is 2.36. The Morgan fingerprint density at radius 3 is 2.65 bits per heavy atom. The minimum atomic E-state index is -0.656. The fourth-order valence-electron chi connectivity index (χ4n) is 4.24. The Kier molecular flexibility index (Phi) is 6.23. The molecule has 0 spiro atoms. The van der Waals surface area contributed by atoms with Crippen LogP contribution < -0.4 is 15.4 Å². The maximum Gasteiger partial charge on any atom is 0.338 e. The number of nitrogens with one attached hydrogen (secondary N) is 2.